The molecule has 0 saturated carbocycles. The van der Waals surface area contributed by atoms with E-state index >= 15 is 0 Å². The monoisotopic (exact) mass is 777 g/mol. The Balaban J connectivity index is 4.24. The van der Waals surface area contributed by atoms with Gasteiger partial charge in [-0.15, -0.1) is 0 Å². The highest BCUT2D eigenvalue weighted by Gasteiger charge is 2.17. The zero-order valence-electron chi connectivity index (χ0n) is 36.4. The highest BCUT2D eigenvalue weighted by atomic mass is 16.6. The smallest absolute Gasteiger partial charge is 0.306 e. The standard InChI is InChI=1S/C51H84O5/c1-4-7-10-13-16-18-20-22-23-24-25-26-27-28-30-32-34-37-40-43-46-54-47-49(56-51(53)45-42-39-35-15-12-9-6-3)48-55-50(52)44-41-38-36-33-31-29-21-19-17-14-11-8-5-2/h7-8,10-11,16-19,22-23,25-26,29,31,36,38,49H,4-6,9,12-15,20-21,24,27-28,30,32-35,37,39-48H2,1-3H3/b10-7-,11-8-,18-16-,19-17-,23-22-,26-25-,31-29-,38-36-. The summed E-state index contributed by atoms with van der Waals surface area (Å²) in [5, 5.41) is 0. The minimum absolute atomic E-state index is 0.0384. The molecule has 0 radical (unpaired) electrons. The van der Waals surface area contributed by atoms with Crippen molar-refractivity contribution in [3.05, 3.63) is 97.2 Å². The van der Waals surface area contributed by atoms with Gasteiger partial charge in [0.25, 0.3) is 0 Å². The summed E-state index contributed by atoms with van der Waals surface area (Å²) >= 11 is 0. The molecule has 0 aliphatic carbocycles. The maximum absolute atomic E-state index is 12.6. The Labute approximate surface area is 345 Å². The summed E-state index contributed by atoms with van der Waals surface area (Å²) < 4.78 is 17.2. The largest absolute Gasteiger partial charge is 0.462 e. The molecule has 0 aliphatic rings. The van der Waals surface area contributed by atoms with Crippen LogP contribution in [0, 0.1) is 0 Å². The van der Waals surface area contributed by atoms with E-state index in [1.54, 1.807) is 0 Å². The summed E-state index contributed by atoms with van der Waals surface area (Å²) in [5.41, 5.74) is 0. The first kappa shape index (κ1) is 52.8. The molecule has 0 rings (SSSR count). The number of hydrogen-bond donors (Lipinski definition) is 0. The van der Waals surface area contributed by atoms with Crippen LogP contribution in [0.1, 0.15) is 188 Å². The van der Waals surface area contributed by atoms with Gasteiger partial charge in [-0.2, -0.15) is 0 Å². The van der Waals surface area contributed by atoms with Crippen LogP contribution in [0.5, 0.6) is 0 Å². The van der Waals surface area contributed by atoms with Gasteiger partial charge in [0.1, 0.15) is 6.61 Å². The van der Waals surface area contributed by atoms with Crippen LogP contribution in [-0.4, -0.2) is 37.9 Å². The third kappa shape index (κ3) is 43.5. The van der Waals surface area contributed by atoms with E-state index in [0.29, 0.717) is 25.9 Å². The molecule has 0 saturated heterocycles. The molecule has 0 aromatic carbocycles. The highest BCUT2D eigenvalue weighted by Crippen LogP contribution is 2.12. The Morgan fingerprint density at radius 3 is 1.36 bits per heavy atom. The van der Waals surface area contributed by atoms with Crippen LogP contribution in [0.25, 0.3) is 0 Å². The fourth-order valence-corrected chi connectivity index (χ4v) is 5.81. The fourth-order valence-electron chi connectivity index (χ4n) is 5.81. The molecular weight excluding hydrogens is 693 g/mol. The minimum Gasteiger partial charge on any atom is -0.462 e. The quantitative estimate of drug-likeness (QED) is 0.0352. The molecule has 318 valence electrons. The molecule has 56 heavy (non-hydrogen) atoms. The average molecular weight is 777 g/mol. The van der Waals surface area contributed by atoms with Gasteiger partial charge in [0.2, 0.25) is 0 Å². The predicted molar refractivity (Wildman–Crippen MR) is 242 cm³/mol. The number of unbranched alkanes of at least 4 members (excludes halogenated alkanes) is 13. The highest BCUT2D eigenvalue weighted by molar-refractivity contribution is 5.70. The topological polar surface area (TPSA) is 61.8 Å². The molecule has 0 aromatic heterocycles. The maximum Gasteiger partial charge on any atom is 0.306 e. The predicted octanol–water partition coefficient (Wildman–Crippen LogP) is 15.1. The van der Waals surface area contributed by atoms with Crippen LogP contribution in [0.2, 0.25) is 0 Å². The number of ether oxygens (including phenoxy) is 3. The van der Waals surface area contributed by atoms with E-state index in [0.717, 1.165) is 89.9 Å². The third-order valence-electron chi connectivity index (χ3n) is 9.13. The number of carbonyl (C=O) groups excluding carboxylic acids is 2. The lowest BCUT2D eigenvalue weighted by Gasteiger charge is -2.18. The Hall–Kier alpha value is -3.18. The molecule has 1 unspecified atom stereocenters. The van der Waals surface area contributed by atoms with Crippen molar-refractivity contribution in [1.82, 2.24) is 0 Å². The lowest BCUT2D eigenvalue weighted by molar-refractivity contribution is -0.162. The van der Waals surface area contributed by atoms with E-state index in [1.807, 2.05) is 6.08 Å². The molecule has 0 fully saturated rings. The summed E-state index contributed by atoms with van der Waals surface area (Å²) in [6.45, 7) is 7.44. The summed E-state index contributed by atoms with van der Waals surface area (Å²) in [7, 11) is 0. The van der Waals surface area contributed by atoms with Gasteiger partial charge in [-0.3, -0.25) is 9.59 Å². The fraction of sp³-hybridized carbons (Fsp3) is 0.647. The second kappa shape index (κ2) is 46.2. The molecule has 0 bridgehead atoms. The average Bonchev–Trinajstić information content (AvgIpc) is 3.20. The van der Waals surface area contributed by atoms with Crippen molar-refractivity contribution >= 4 is 11.9 Å². The van der Waals surface area contributed by atoms with E-state index in [2.05, 4.69) is 112 Å². The number of rotatable bonds is 40. The maximum atomic E-state index is 12.6. The van der Waals surface area contributed by atoms with Gasteiger partial charge in [-0.05, 0) is 83.5 Å². The van der Waals surface area contributed by atoms with Crippen LogP contribution < -0.4 is 0 Å². The van der Waals surface area contributed by atoms with E-state index in [4.69, 9.17) is 14.2 Å². The van der Waals surface area contributed by atoms with Crippen LogP contribution >= 0.6 is 0 Å². The van der Waals surface area contributed by atoms with Gasteiger partial charge in [0, 0.05) is 19.4 Å². The Bertz CT molecular complexity index is 1110. The van der Waals surface area contributed by atoms with Gasteiger partial charge < -0.3 is 14.2 Å². The first-order chi connectivity index (χ1) is 27.6. The molecule has 0 aliphatic heterocycles. The molecule has 5 nitrogen and oxygen atoms in total. The van der Waals surface area contributed by atoms with Crippen LogP contribution in [0.3, 0.4) is 0 Å². The molecule has 1 atom stereocenters. The van der Waals surface area contributed by atoms with Gasteiger partial charge in [-0.25, -0.2) is 0 Å². The summed E-state index contributed by atoms with van der Waals surface area (Å²) in [5.74, 6) is -0.510. The Morgan fingerprint density at radius 2 is 0.839 bits per heavy atom. The second-order valence-corrected chi connectivity index (χ2v) is 14.5. The van der Waals surface area contributed by atoms with Crippen molar-refractivity contribution in [3.63, 3.8) is 0 Å². The van der Waals surface area contributed by atoms with Crippen molar-refractivity contribution in [2.75, 3.05) is 19.8 Å². The van der Waals surface area contributed by atoms with Gasteiger partial charge >= 0.3 is 11.9 Å². The molecule has 0 amide bonds. The van der Waals surface area contributed by atoms with Gasteiger partial charge in [0.15, 0.2) is 6.10 Å². The molecular formula is C51H84O5. The SMILES string of the molecule is CC/C=C\C/C=C\C/C=C\C/C=C\CCCCCCCCCOCC(COC(=O)CC/C=C\C/C=C\C/C=C\C/C=C\CC)OC(=O)CCCCCCCCC. The summed E-state index contributed by atoms with van der Waals surface area (Å²) in [6.07, 6.45) is 61.5. The molecule has 0 heterocycles. The summed E-state index contributed by atoms with van der Waals surface area (Å²) in [4.78, 5) is 25.1. The first-order valence-corrected chi connectivity index (χ1v) is 22.8. The Morgan fingerprint density at radius 1 is 0.411 bits per heavy atom. The lowest BCUT2D eigenvalue weighted by Crippen LogP contribution is -2.30. The zero-order chi connectivity index (χ0) is 40.7. The van der Waals surface area contributed by atoms with Crippen molar-refractivity contribution in [2.24, 2.45) is 0 Å². The van der Waals surface area contributed by atoms with Crippen molar-refractivity contribution in [3.8, 4) is 0 Å². The van der Waals surface area contributed by atoms with Crippen LogP contribution in [-0.2, 0) is 23.8 Å². The van der Waals surface area contributed by atoms with Crippen LogP contribution in [0.15, 0.2) is 97.2 Å². The molecule has 0 spiro atoms. The number of hydrogen-bond acceptors (Lipinski definition) is 5. The number of allylic oxidation sites excluding steroid dienone is 16. The van der Waals surface area contributed by atoms with E-state index in [-0.39, 0.29) is 25.2 Å². The first-order valence-electron chi connectivity index (χ1n) is 22.8. The van der Waals surface area contributed by atoms with Crippen molar-refractivity contribution in [2.45, 2.75) is 194 Å². The van der Waals surface area contributed by atoms with Crippen molar-refractivity contribution < 1.29 is 23.8 Å². The second-order valence-electron chi connectivity index (χ2n) is 14.5. The lowest BCUT2D eigenvalue weighted by atomic mass is 10.1. The normalized spacial score (nSPS) is 13.1. The van der Waals surface area contributed by atoms with Gasteiger partial charge in [-0.1, -0.05) is 189 Å². The van der Waals surface area contributed by atoms with Crippen molar-refractivity contribution in [1.29, 1.82) is 0 Å². The summed E-state index contributed by atoms with van der Waals surface area (Å²) in [6, 6.07) is 0. The number of esters is 2. The van der Waals surface area contributed by atoms with E-state index in [9.17, 15) is 9.59 Å². The third-order valence-corrected chi connectivity index (χ3v) is 9.13. The van der Waals surface area contributed by atoms with E-state index in [1.165, 1.54) is 57.8 Å². The van der Waals surface area contributed by atoms with Gasteiger partial charge in [0.05, 0.1) is 6.61 Å². The molecule has 5 heteroatoms. The van der Waals surface area contributed by atoms with E-state index < -0.39 is 6.10 Å². The molecule has 0 N–H and O–H groups in total. The van der Waals surface area contributed by atoms with Crippen LogP contribution in [0.4, 0.5) is 0 Å². The molecule has 0 aromatic rings. The minimum atomic E-state index is -0.571. The zero-order valence-corrected chi connectivity index (χ0v) is 36.4. The Kier molecular flexibility index (Phi) is 43.6. The number of carbonyl (C=O) groups is 2.